The molecule has 0 saturated carbocycles. The molecule has 0 saturated heterocycles. The number of amides is 3. The van der Waals surface area contributed by atoms with Gasteiger partial charge in [-0.3, -0.25) is 14.4 Å². The highest BCUT2D eigenvalue weighted by molar-refractivity contribution is 6.13. The van der Waals surface area contributed by atoms with Crippen molar-refractivity contribution < 1.29 is 19.1 Å². The first-order chi connectivity index (χ1) is 17.5. The molecule has 194 valence electrons. The van der Waals surface area contributed by atoms with Gasteiger partial charge in [0, 0.05) is 16.9 Å². The van der Waals surface area contributed by atoms with Gasteiger partial charge in [-0.2, -0.15) is 0 Å². The topological polar surface area (TPSA) is 99.8 Å². The monoisotopic (exact) mass is 502 g/mol. The maximum Gasteiger partial charge on any atom is 0.257 e. The van der Waals surface area contributed by atoms with Gasteiger partial charge in [-0.1, -0.05) is 32.9 Å². The number of benzene rings is 3. The highest BCUT2D eigenvalue weighted by Gasteiger charge is 2.18. The van der Waals surface area contributed by atoms with E-state index in [9.17, 15) is 14.4 Å². The normalized spacial score (nSPS) is 11.1. The summed E-state index contributed by atoms with van der Waals surface area (Å²) in [5, 5.41) is 8.48. The number of nitrogens with one attached hydrogen (secondary N) is 3. The zero-order chi connectivity index (χ0) is 27.2. The van der Waals surface area contributed by atoms with E-state index in [2.05, 4.69) is 36.7 Å². The van der Waals surface area contributed by atoms with Crippen molar-refractivity contribution in [1.82, 2.24) is 4.90 Å². The quantitative estimate of drug-likeness (QED) is 0.403. The molecule has 3 aromatic carbocycles. The number of nitrogens with zero attached hydrogens (tertiary/aromatic N) is 1. The van der Waals surface area contributed by atoms with Gasteiger partial charge in [0.15, 0.2) is 0 Å². The molecule has 3 amide bonds. The summed E-state index contributed by atoms with van der Waals surface area (Å²) in [6.07, 6.45) is 0. The summed E-state index contributed by atoms with van der Waals surface area (Å²) >= 11 is 0. The molecule has 37 heavy (non-hydrogen) atoms. The van der Waals surface area contributed by atoms with E-state index >= 15 is 0 Å². The molecule has 0 aliphatic carbocycles. The second-order valence-electron chi connectivity index (χ2n) is 10.0. The summed E-state index contributed by atoms with van der Waals surface area (Å²) in [7, 11) is 5.16. The van der Waals surface area contributed by atoms with Gasteiger partial charge < -0.3 is 25.6 Å². The lowest BCUT2D eigenvalue weighted by atomic mass is 9.86. The van der Waals surface area contributed by atoms with Crippen LogP contribution in [0.2, 0.25) is 0 Å². The van der Waals surface area contributed by atoms with Gasteiger partial charge in [0.1, 0.15) is 5.75 Å². The summed E-state index contributed by atoms with van der Waals surface area (Å²) in [5.74, 6) is -0.317. The smallest absolute Gasteiger partial charge is 0.257 e. The molecule has 0 bridgehead atoms. The van der Waals surface area contributed by atoms with Crippen LogP contribution in [0.1, 0.15) is 47.1 Å². The van der Waals surface area contributed by atoms with Crippen LogP contribution in [0.25, 0.3) is 0 Å². The van der Waals surface area contributed by atoms with Crippen molar-refractivity contribution in [1.29, 1.82) is 0 Å². The minimum atomic E-state index is -0.408. The van der Waals surface area contributed by atoms with Crippen LogP contribution in [0.15, 0.2) is 66.7 Å². The van der Waals surface area contributed by atoms with Crippen LogP contribution in [0.4, 0.5) is 17.1 Å². The molecule has 8 nitrogen and oxygen atoms in total. The Kier molecular flexibility index (Phi) is 8.68. The third-order valence-electron chi connectivity index (χ3n) is 5.62. The maximum atomic E-state index is 13.2. The van der Waals surface area contributed by atoms with Crippen molar-refractivity contribution >= 4 is 34.8 Å². The number of carbonyl (C=O) groups excluding carboxylic acids is 3. The number of anilines is 3. The Balaban J connectivity index is 1.88. The maximum absolute atomic E-state index is 13.2. The lowest BCUT2D eigenvalue weighted by Crippen LogP contribution is -2.27. The summed E-state index contributed by atoms with van der Waals surface area (Å²) < 4.78 is 5.16. The lowest BCUT2D eigenvalue weighted by molar-refractivity contribution is -0.116. The summed E-state index contributed by atoms with van der Waals surface area (Å²) in [4.78, 5) is 40.3. The fraction of sp³-hybridized carbons (Fsp3) is 0.276. The Morgan fingerprint density at radius 2 is 1.41 bits per heavy atom. The minimum Gasteiger partial charge on any atom is -0.497 e. The number of ether oxygens (including phenoxy) is 1. The predicted octanol–water partition coefficient (Wildman–Crippen LogP) is 5.00. The SMILES string of the molecule is COc1ccc(NC(=O)c2ccc(NC(=O)CN(C)C)cc2NC(=O)c2ccc(C(C)(C)C)cc2)cc1. The van der Waals surface area contributed by atoms with Gasteiger partial charge in [-0.25, -0.2) is 0 Å². The zero-order valence-electron chi connectivity index (χ0n) is 22.1. The molecule has 0 radical (unpaired) electrons. The standard InChI is InChI=1S/C29H34N4O4/c1-29(2,3)20-9-7-19(8-10-20)27(35)32-25-17-22(30-26(34)18-33(4)5)13-16-24(25)28(36)31-21-11-14-23(37-6)15-12-21/h7-17H,18H2,1-6H3,(H,30,34)(H,31,36)(H,32,35). The molecule has 0 aromatic heterocycles. The molecule has 0 unspecified atom stereocenters. The lowest BCUT2D eigenvalue weighted by Gasteiger charge is -2.19. The molecule has 0 atom stereocenters. The van der Waals surface area contributed by atoms with Crippen molar-refractivity contribution in [3.8, 4) is 5.75 Å². The minimum absolute atomic E-state index is 0.0409. The van der Waals surface area contributed by atoms with Crippen LogP contribution in [0, 0.1) is 0 Å². The van der Waals surface area contributed by atoms with Crippen LogP contribution in [0.5, 0.6) is 5.75 Å². The fourth-order valence-electron chi connectivity index (χ4n) is 3.60. The van der Waals surface area contributed by atoms with E-state index in [1.54, 1.807) is 80.7 Å². The Bertz CT molecular complexity index is 1260. The van der Waals surface area contributed by atoms with Crippen LogP contribution in [-0.2, 0) is 10.2 Å². The number of hydrogen-bond donors (Lipinski definition) is 3. The Labute approximate surface area is 218 Å². The van der Waals surface area contributed by atoms with Gasteiger partial charge in [-0.05, 0) is 79.7 Å². The van der Waals surface area contributed by atoms with Crippen LogP contribution >= 0.6 is 0 Å². The van der Waals surface area contributed by atoms with Crippen molar-refractivity contribution in [2.45, 2.75) is 26.2 Å². The van der Waals surface area contributed by atoms with Crippen LogP contribution in [-0.4, -0.2) is 50.4 Å². The molecule has 3 rings (SSSR count). The average Bonchev–Trinajstić information content (AvgIpc) is 2.83. The zero-order valence-corrected chi connectivity index (χ0v) is 22.1. The number of likely N-dealkylation sites (N-methyl/N-ethyl adjacent to an activating group) is 1. The second kappa shape index (κ2) is 11.7. The Hall–Kier alpha value is -4.17. The van der Waals surface area contributed by atoms with Gasteiger partial charge in [-0.15, -0.1) is 0 Å². The predicted molar refractivity (Wildman–Crippen MR) is 148 cm³/mol. The highest BCUT2D eigenvalue weighted by Crippen LogP contribution is 2.26. The number of hydrogen-bond acceptors (Lipinski definition) is 5. The Morgan fingerprint density at radius 3 is 1.97 bits per heavy atom. The van der Waals surface area contributed by atoms with Gasteiger partial charge >= 0.3 is 0 Å². The number of methoxy groups -OCH3 is 1. The van der Waals surface area contributed by atoms with Crippen molar-refractivity contribution in [2.75, 3.05) is 43.7 Å². The third kappa shape index (κ3) is 7.65. The third-order valence-corrected chi connectivity index (χ3v) is 5.62. The molecule has 0 heterocycles. The van der Waals surface area contributed by atoms with Crippen molar-refractivity contribution in [3.63, 3.8) is 0 Å². The van der Waals surface area contributed by atoms with Crippen molar-refractivity contribution in [2.24, 2.45) is 0 Å². The molecule has 0 aliphatic heterocycles. The van der Waals surface area contributed by atoms with Gasteiger partial charge in [0.2, 0.25) is 5.91 Å². The molecule has 0 fully saturated rings. The summed E-state index contributed by atoms with van der Waals surface area (Å²) in [6.45, 7) is 6.51. The van der Waals surface area contributed by atoms with E-state index in [-0.39, 0.29) is 35.0 Å². The number of carbonyl (C=O) groups is 3. The van der Waals surface area contributed by atoms with Crippen LogP contribution < -0.4 is 20.7 Å². The van der Waals surface area contributed by atoms with Crippen LogP contribution in [0.3, 0.4) is 0 Å². The first-order valence-electron chi connectivity index (χ1n) is 11.9. The molecule has 8 heteroatoms. The molecule has 0 aliphatic rings. The molecule has 0 spiro atoms. The van der Waals surface area contributed by atoms with Gasteiger partial charge in [0.25, 0.3) is 11.8 Å². The van der Waals surface area contributed by atoms with E-state index in [4.69, 9.17) is 4.74 Å². The fourth-order valence-corrected chi connectivity index (χ4v) is 3.60. The molecule has 3 N–H and O–H groups in total. The summed E-state index contributed by atoms with van der Waals surface area (Å²) in [5.41, 5.74) is 3.08. The van der Waals surface area contributed by atoms with E-state index in [1.165, 1.54) is 0 Å². The first kappa shape index (κ1) is 27.4. The first-order valence-corrected chi connectivity index (χ1v) is 11.9. The van der Waals surface area contributed by atoms with Gasteiger partial charge in [0.05, 0.1) is 24.9 Å². The average molecular weight is 503 g/mol. The largest absolute Gasteiger partial charge is 0.497 e. The molecular formula is C29H34N4O4. The van der Waals surface area contributed by atoms with Crippen molar-refractivity contribution in [3.05, 3.63) is 83.4 Å². The second-order valence-corrected chi connectivity index (χ2v) is 10.0. The summed E-state index contributed by atoms with van der Waals surface area (Å²) in [6, 6.07) is 19.1. The van der Waals surface area contributed by atoms with E-state index in [0.717, 1.165) is 5.56 Å². The highest BCUT2D eigenvalue weighted by atomic mass is 16.5. The molecule has 3 aromatic rings. The van der Waals surface area contributed by atoms with E-state index < -0.39 is 5.91 Å². The number of rotatable bonds is 8. The Morgan fingerprint density at radius 1 is 0.784 bits per heavy atom. The molecular weight excluding hydrogens is 468 g/mol. The van der Waals surface area contributed by atoms with E-state index in [0.29, 0.717) is 22.7 Å². The van der Waals surface area contributed by atoms with E-state index in [1.807, 2.05) is 12.1 Å².